The highest BCUT2D eigenvalue weighted by Gasteiger charge is 2.60. The second-order valence-electron chi connectivity index (χ2n) is 11.8. The minimum atomic E-state index is -1.71. The molecule has 0 aromatic heterocycles. The Hall–Kier alpha value is -3.87. The fourth-order valence-corrected chi connectivity index (χ4v) is 6.31. The normalized spacial score (nSPS) is 20.0. The zero-order valence-electron chi connectivity index (χ0n) is 24.1. The summed E-state index contributed by atoms with van der Waals surface area (Å²) in [6.45, 7) is 5.89. The van der Waals surface area contributed by atoms with Gasteiger partial charge in [0.1, 0.15) is 28.4 Å². The van der Waals surface area contributed by atoms with Crippen LogP contribution in [0.1, 0.15) is 60.3 Å². The van der Waals surface area contributed by atoms with Crippen LogP contribution in [0.25, 0.3) is 0 Å². The van der Waals surface area contributed by atoms with Crippen molar-refractivity contribution in [2.75, 3.05) is 13.7 Å². The van der Waals surface area contributed by atoms with Crippen molar-refractivity contribution in [3.63, 3.8) is 0 Å². The Labute approximate surface area is 259 Å². The van der Waals surface area contributed by atoms with E-state index in [1.165, 1.54) is 60.5 Å². The van der Waals surface area contributed by atoms with Crippen LogP contribution >= 0.6 is 23.2 Å². The van der Waals surface area contributed by atoms with Gasteiger partial charge in [-0.05, 0) is 47.7 Å². The number of aromatic carboxylic acids is 1. The first-order chi connectivity index (χ1) is 20.2. The third kappa shape index (κ3) is 6.27. The lowest BCUT2D eigenvalue weighted by Gasteiger charge is -2.38. The third-order valence-electron chi connectivity index (χ3n) is 7.70. The van der Waals surface area contributed by atoms with Crippen LogP contribution in [0.15, 0.2) is 54.6 Å². The molecule has 0 spiro atoms. The van der Waals surface area contributed by atoms with Gasteiger partial charge >= 0.3 is 12.0 Å². The number of nitrogens with zero attached hydrogens (tertiary/aromatic N) is 2. The Kier molecular flexibility index (Phi) is 9.24. The molecule has 1 aliphatic heterocycles. The van der Waals surface area contributed by atoms with Gasteiger partial charge in [0.25, 0.3) is 0 Å². The molecular weight excluding hydrogens is 599 g/mol. The van der Waals surface area contributed by atoms with Crippen molar-refractivity contribution in [3.05, 3.63) is 98.5 Å². The number of rotatable bonds is 7. The molecule has 0 saturated carbocycles. The van der Waals surface area contributed by atoms with Crippen molar-refractivity contribution >= 4 is 35.2 Å². The molecule has 1 saturated heterocycles. The second-order valence-corrected chi connectivity index (χ2v) is 12.6. The quantitative estimate of drug-likeness (QED) is 0.278. The van der Waals surface area contributed by atoms with Gasteiger partial charge in [-0.15, -0.1) is 0 Å². The number of benzene rings is 3. The average molecular weight is 631 g/mol. The summed E-state index contributed by atoms with van der Waals surface area (Å²) in [4.78, 5) is 26.8. The number of carboxylic acids is 1. The van der Waals surface area contributed by atoms with Crippen LogP contribution in [0, 0.1) is 34.3 Å². The number of carboxylic acid groups (broad SMARTS) is 1. The molecule has 3 atom stereocenters. The van der Waals surface area contributed by atoms with Crippen molar-refractivity contribution < 1.29 is 28.2 Å². The molecule has 7 nitrogen and oxygen atoms in total. The van der Waals surface area contributed by atoms with Crippen LogP contribution in [0.5, 0.6) is 5.75 Å². The largest absolute Gasteiger partial charge is 0.496 e. The van der Waals surface area contributed by atoms with E-state index in [2.05, 4.69) is 11.4 Å². The molecule has 2 amide bonds. The first kappa shape index (κ1) is 32.1. The number of hydrogen-bond donors (Lipinski definition) is 2. The number of methoxy groups -OCH3 is 1. The van der Waals surface area contributed by atoms with Crippen molar-refractivity contribution in [1.29, 1.82) is 5.26 Å². The van der Waals surface area contributed by atoms with Crippen LogP contribution in [0.2, 0.25) is 10.0 Å². The Morgan fingerprint density at radius 1 is 1.16 bits per heavy atom. The Bertz CT molecular complexity index is 1600. The number of ether oxygens (including phenoxy) is 1. The number of halogens is 4. The molecular formula is C32H31Cl2F2N3O4. The van der Waals surface area contributed by atoms with E-state index >= 15 is 8.78 Å². The van der Waals surface area contributed by atoms with Gasteiger partial charge in [-0.1, -0.05) is 68.2 Å². The third-order valence-corrected chi connectivity index (χ3v) is 8.23. The van der Waals surface area contributed by atoms with Gasteiger partial charge in [0, 0.05) is 35.2 Å². The minimum absolute atomic E-state index is 0.00215. The molecule has 2 N–H and O–H groups in total. The highest BCUT2D eigenvalue weighted by Crippen LogP contribution is 2.56. The Morgan fingerprint density at radius 3 is 2.49 bits per heavy atom. The van der Waals surface area contributed by atoms with Crippen LogP contribution < -0.4 is 10.1 Å². The summed E-state index contributed by atoms with van der Waals surface area (Å²) in [5.74, 6) is -3.22. The van der Waals surface area contributed by atoms with Crippen molar-refractivity contribution in [3.8, 4) is 11.8 Å². The van der Waals surface area contributed by atoms with Crippen molar-refractivity contribution in [2.45, 2.75) is 45.2 Å². The van der Waals surface area contributed by atoms with E-state index in [9.17, 15) is 20.0 Å². The van der Waals surface area contributed by atoms with Crippen molar-refractivity contribution in [1.82, 2.24) is 10.2 Å². The SMILES string of the molecule is COc1cc(CNC(=O)N2C[C@H](CC(C)(C)C)[C@@](C#N)(c3ccc(Cl)cc3F)[C@@H]2c2cccc(Cl)c2F)ccc1C(=O)O. The number of urea groups is 1. The smallest absolute Gasteiger partial charge is 0.339 e. The molecule has 43 heavy (non-hydrogen) atoms. The number of nitrogens with one attached hydrogen (secondary N) is 1. The summed E-state index contributed by atoms with van der Waals surface area (Å²) < 4.78 is 36.7. The summed E-state index contributed by atoms with van der Waals surface area (Å²) in [6, 6.07) is 13.1. The number of likely N-dealkylation sites (tertiary alicyclic amines) is 1. The Morgan fingerprint density at radius 2 is 1.88 bits per heavy atom. The lowest BCUT2D eigenvalue weighted by Crippen LogP contribution is -2.44. The lowest BCUT2D eigenvalue weighted by atomic mass is 9.63. The van der Waals surface area contributed by atoms with E-state index in [4.69, 9.17) is 27.9 Å². The predicted octanol–water partition coefficient (Wildman–Crippen LogP) is 7.76. The summed E-state index contributed by atoms with van der Waals surface area (Å²) in [5, 5.41) is 23.0. The van der Waals surface area contributed by atoms with Gasteiger partial charge in [-0.25, -0.2) is 18.4 Å². The molecule has 0 unspecified atom stereocenters. The first-order valence-corrected chi connectivity index (χ1v) is 14.2. The van der Waals surface area contributed by atoms with E-state index in [0.717, 1.165) is 6.07 Å². The van der Waals surface area contributed by atoms with Gasteiger partial charge in [-0.2, -0.15) is 5.26 Å². The summed E-state index contributed by atoms with van der Waals surface area (Å²) in [6.07, 6.45) is 0.402. The van der Waals surface area contributed by atoms with Gasteiger partial charge < -0.3 is 20.1 Å². The summed E-state index contributed by atoms with van der Waals surface area (Å²) in [7, 11) is 1.34. The lowest BCUT2D eigenvalue weighted by molar-refractivity contribution is 0.0693. The predicted molar refractivity (Wildman–Crippen MR) is 159 cm³/mol. The average Bonchev–Trinajstić information content (AvgIpc) is 3.25. The van der Waals surface area contributed by atoms with E-state index in [1.807, 2.05) is 20.8 Å². The number of carbonyl (C=O) groups is 2. The Balaban J connectivity index is 1.85. The van der Waals surface area contributed by atoms with Crippen molar-refractivity contribution in [2.24, 2.45) is 11.3 Å². The molecule has 0 radical (unpaired) electrons. The van der Waals surface area contributed by atoms with Gasteiger partial charge in [0.2, 0.25) is 0 Å². The molecule has 1 aliphatic rings. The molecule has 0 aliphatic carbocycles. The van der Waals surface area contributed by atoms with E-state index < -0.39 is 41.0 Å². The van der Waals surface area contributed by atoms with Gasteiger partial charge in [0.05, 0.1) is 24.2 Å². The molecule has 0 bridgehead atoms. The zero-order chi connectivity index (χ0) is 31.7. The number of carbonyl (C=O) groups excluding carboxylic acids is 1. The highest BCUT2D eigenvalue weighted by molar-refractivity contribution is 6.31. The molecule has 1 fully saturated rings. The fraction of sp³-hybridized carbons (Fsp3) is 0.344. The van der Waals surface area contributed by atoms with Gasteiger partial charge in [0.15, 0.2) is 0 Å². The summed E-state index contributed by atoms with van der Waals surface area (Å²) >= 11 is 12.2. The van der Waals surface area contributed by atoms with E-state index in [1.54, 1.807) is 0 Å². The fourth-order valence-electron chi connectivity index (χ4n) is 5.97. The number of hydrogen-bond acceptors (Lipinski definition) is 4. The molecule has 11 heteroatoms. The molecule has 226 valence electrons. The maximum atomic E-state index is 15.8. The molecule has 3 aromatic rings. The zero-order valence-corrected chi connectivity index (χ0v) is 25.6. The van der Waals surface area contributed by atoms with Gasteiger partial charge in [-0.3, -0.25) is 0 Å². The van der Waals surface area contributed by atoms with Crippen LogP contribution in [-0.4, -0.2) is 35.7 Å². The minimum Gasteiger partial charge on any atom is -0.496 e. The molecule has 1 heterocycles. The number of amides is 2. The topological polar surface area (TPSA) is 103 Å². The first-order valence-electron chi connectivity index (χ1n) is 13.5. The van der Waals surface area contributed by atoms with E-state index in [0.29, 0.717) is 12.0 Å². The highest BCUT2D eigenvalue weighted by atomic mass is 35.5. The van der Waals surface area contributed by atoms with Crippen LogP contribution in [-0.2, 0) is 12.0 Å². The molecule has 3 aromatic carbocycles. The van der Waals surface area contributed by atoms with Crippen LogP contribution in [0.4, 0.5) is 13.6 Å². The number of nitriles is 1. The molecule has 4 rings (SSSR count). The maximum absolute atomic E-state index is 15.8. The monoisotopic (exact) mass is 629 g/mol. The summed E-state index contributed by atoms with van der Waals surface area (Å²) in [5.41, 5.74) is -1.58. The van der Waals surface area contributed by atoms with Crippen LogP contribution in [0.3, 0.4) is 0 Å². The van der Waals surface area contributed by atoms with E-state index in [-0.39, 0.29) is 51.0 Å². The maximum Gasteiger partial charge on any atom is 0.339 e. The second kappa shape index (κ2) is 12.4. The standard InChI is InChI=1S/C32H31Cl2F2N3O4/c1-31(2,3)14-19-16-39(30(42)38-15-18-8-10-21(29(40)41)26(12-18)43-4)28(22-6-5-7-24(34)27(22)36)32(19,17-37)23-11-9-20(33)13-25(23)35/h5-13,19,28H,14-16H2,1-4H3,(H,38,42)(H,40,41)/t19-,28-,32-/m0/s1.